The molecule has 5 nitrogen and oxygen atoms in total. The monoisotopic (exact) mass is 355 g/mol. The Bertz CT molecular complexity index is 837. The highest BCUT2D eigenvalue weighted by Crippen LogP contribution is 2.37. The molecule has 4 rings (SSSR count). The van der Waals surface area contributed by atoms with E-state index in [1.54, 1.807) is 0 Å². The molecule has 1 aliphatic heterocycles. The predicted molar refractivity (Wildman–Crippen MR) is 107 cm³/mol. The van der Waals surface area contributed by atoms with E-state index >= 15 is 0 Å². The lowest BCUT2D eigenvalue weighted by molar-refractivity contribution is 0.171. The highest BCUT2D eigenvalue weighted by Gasteiger charge is 2.26. The molecule has 0 bridgehead atoms. The summed E-state index contributed by atoms with van der Waals surface area (Å²) in [6.45, 7) is 8.27. The highest BCUT2D eigenvalue weighted by molar-refractivity contribution is 6.14. The van der Waals surface area contributed by atoms with Crippen molar-refractivity contribution in [2.45, 2.75) is 52.1 Å². The van der Waals surface area contributed by atoms with Crippen molar-refractivity contribution in [1.82, 2.24) is 4.57 Å². The predicted octanol–water partition coefficient (Wildman–Crippen LogP) is 4.35. The summed E-state index contributed by atoms with van der Waals surface area (Å²) in [6, 6.07) is 7.13. The number of benzene rings is 1. The zero-order valence-electron chi connectivity index (χ0n) is 16.0. The maximum absolute atomic E-state index is 11.0. The molecule has 0 spiro atoms. The fourth-order valence-electron chi connectivity index (χ4n) is 4.38. The zero-order valence-corrected chi connectivity index (χ0v) is 16.0. The first-order chi connectivity index (χ1) is 12.6. The SMILES string of the molecule is CC1CCCC1Nc1ccc2c(c1)c(C1=NCCOC1)c(O)n2C(C)C. The largest absolute Gasteiger partial charge is 0.494 e. The van der Waals surface area contributed by atoms with Gasteiger partial charge in [0.15, 0.2) is 0 Å². The van der Waals surface area contributed by atoms with Crippen molar-refractivity contribution < 1.29 is 9.84 Å². The van der Waals surface area contributed by atoms with Gasteiger partial charge in [0.25, 0.3) is 0 Å². The number of hydrogen-bond donors (Lipinski definition) is 2. The molecule has 26 heavy (non-hydrogen) atoms. The summed E-state index contributed by atoms with van der Waals surface area (Å²) in [6.07, 6.45) is 3.82. The van der Waals surface area contributed by atoms with Crippen LogP contribution in [0.1, 0.15) is 51.6 Å². The van der Waals surface area contributed by atoms with Gasteiger partial charge >= 0.3 is 0 Å². The number of rotatable bonds is 4. The number of nitrogens with one attached hydrogen (secondary N) is 1. The molecule has 1 saturated carbocycles. The highest BCUT2D eigenvalue weighted by atomic mass is 16.5. The molecule has 0 saturated heterocycles. The van der Waals surface area contributed by atoms with Crippen molar-refractivity contribution in [2.75, 3.05) is 25.1 Å². The quantitative estimate of drug-likeness (QED) is 0.857. The number of ether oxygens (including phenoxy) is 1. The lowest BCUT2D eigenvalue weighted by Gasteiger charge is -2.19. The summed E-state index contributed by atoms with van der Waals surface area (Å²) in [5.74, 6) is 1.00. The second-order valence-corrected chi connectivity index (χ2v) is 7.93. The van der Waals surface area contributed by atoms with E-state index in [1.165, 1.54) is 19.3 Å². The van der Waals surface area contributed by atoms with E-state index in [4.69, 9.17) is 4.74 Å². The summed E-state index contributed by atoms with van der Waals surface area (Å²) in [5, 5.41) is 15.7. The zero-order chi connectivity index (χ0) is 18.3. The minimum Gasteiger partial charge on any atom is -0.494 e. The molecule has 140 valence electrons. The standard InChI is InChI=1S/C21H29N3O2/c1-13(2)24-19-8-7-15(23-17-6-4-5-14(17)3)11-16(19)20(21(24)25)18-12-26-10-9-22-18/h7-8,11,13-14,17,23,25H,4-6,9-10,12H2,1-3H3. The first-order valence-electron chi connectivity index (χ1n) is 9.81. The molecule has 2 heterocycles. The van der Waals surface area contributed by atoms with Crippen LogP contribution in [0.4, 0.5) is 5.69 Å². The molecular formula is C21H29N3O2. The molecule has 2 aromatic rings. The number of aliphatic imine (C=N–C) groups is 1. The second-order valence-electron chi connectivity index (χ2n) is 7.93. The van der Waals surface area contributed by atoms with Crippen molar-refractivity contribution in [1.29, 1.82) is 0 Å². The minimum atomic E-state index is 0.171. The number of fused-ring (bicyclic) bond motifs is 1. The Labute approximate surface area is 155 Å². The molecular weight excluding hydrogens is 326 g/mol. The lowest BCUT2D eigenvalue weighted by atomic mass is 10.0. The number of nitrogens with zero attached hydrogens (tertiary/aromatic N) is 2. The van der Waals surface area contributed by atoms with E-state index in [0.717, 1.165) is 27.9 Å². The number of aromatic nitrogens is 1. The molecule has 1 fully saturated rings. The minimum absolute atomic E-state index is 0.171. The Morgan fingerprint density at radius 3 is 2.81 bits per heavy atom. The Balaban J connectivity index is 1.81. The van der Waals surface area contributed by atoms with Gasteiger partial charge in [-0.1, -0.05) is 13.3 Å². The fraction of sp³-hybridized carbons (Fsp3) is 0.571. The van der Waals surface area contributed by atoms with E-state index in [9.17, 15) is 5.11 Å². The van der Waals surface area contributed by atoms with Crippen LogP contribution in [0.15, 0.2) is 23.2 Å². The van der Waals surface area contributed by atoms with E-state index in [2.05, 4.69) is 49.3 Å². The lowest BCUT2D eigenvalue weighted by Crippen LogP contribution is -2.21. The summed E-state index contributed by atoms with van der Waals surface area (Å²) in [4.78, 5) is 4.63. The van der Waals surface area contributed by atoms with E-state index < -0.39 is 0 Å². The Hall–Kier alpha value is -2.01. The van der Waals surface area contributed by atoms with Crippen molar-refractivity contribution in [3.8, 4) is 5.88 Å². The average molecular weight is 355 g/mol. The molecule has 2 unspecified atom stereocenters. The van der Waals surface area contributed by atoms with Gasteiger partial charge in [0.1, 0.15) is 0 Å². The maximum atomic E-state index is 11.0. The van der Waals surface area contributed by atoms with Gasteiger partial charge in [-0.15, -0.1) is 0 Å². The normalized spacial score (nSPS) is 23.6. The van der Waals surface area contributed by atoms with Crippen LogP contribution in [0.2, 0.25) is 0 Å². The summed E-state index contributed by atoms with van der Waals surface area (Å²) in [7, 11) is 0. The van der Waals surface area contributed by atoms with Gasteiger partial charge in [0.2, 0.25) is 5.88 Å². The number of anilines is 1. The van der Waals surface area contributed by atoms with Gasteiger partial charge in [0.05, 0.1) is 36.6 Å². The molecule has 5 heteroatoms. The van der Waals surface area contributed by atoms with Gasteiger partial charge < -0.3 is 19.7 Å². The molecule has 2 N–H and O–H groups in total. The summed E-state index contributed by atoms with van der Waals surface area (Å²) >= 11 is 0. The van der Waals surface area contributed by atoms with Crippen molar-refractivity contribution in [3.05, 3.63) is 23.8 Å². The smallest absolute Gasteiger partial charge is 0.201 e. The third kappa shape index (κ3) is 2.98. The molecule has 1 aromatic heterocycles. The van der Waals surface area contributed by atoms with Gasteiger partial charge in [-0.05, 0) is 50.8 Å². The molecule has 2 atom stereocenters. The van der Waals surface area contributed by atoms with E-state index in [0.29, 0.717) is 37.6 Å². The van der Waals surface area contributed by atoms with Crippen LogP contribution in [0.3, 0.4) is 0 Å². The first kappa shape index (κ1) is 17.4. The van der Waals surface area contributed by atoms with Crippen LogP contribution in [0, 0.1) is 5.92 Å². The average Bonchev–Trinajstić information content (AvgIpc) is 3.15. The van der Waals surface area contributed by atoms with Crippen molar-refractivity contribution in [3.63, 3.8) is 0 Å². The third-order valence-corrected chi connectivity index (χ3v) is 5.77. The number of aromatic hydroxyl groups is 1. The maximum Gasteiger partial charge on any atom is 0.201 e. The Morgan fingerprint density at radius 2 is 2.15 bits per heavy atom. The van der Waals surface area contributed by atoms with E-state index in [1.807, 2.05) is 4.57 Å². The molecule has 0 radical (unpaired) electrons. The Morgan fingerprint density at radius 1 is 1.31 bits per heavy atom. The molecule has 0 amide bonds. The third-order valence-electron chi connectivity index (χ3n) is 5.77. The van der Waals surface area contributed by atoms with Crippen LogP contribution in [-0.2, 0) is 4.74 Å². The number of hydrogen-bond acceptors (Lipinski definition) is 4. The molecule has 2 aliphatic rings. The first-order valence-corrected chi connectivity index (χ1v) is 9.81. The molecule has 1 aromatic carbocycles. The van der Waals surface area contributed by atoms with Crippen LogP contribution < -0.4 is 5.32 Å². The topological polar surface area (TPSA) is 58.8 Å². The molecule has 1 aliphatic carbocycles. The van der Waals surface area contributed by atoms with Gasteiger partial charge in [-0.2, -0.15) is 0 Å². The van der Waals surface area contributed by atoms with Gasteiger partial charge in [0, 0.05) is 23.2 Å². The second kappa shape index (κ2) is 6.95. The van der Waals surface area contributed by atoms with Crippen LogP contribution in [0.25, 0.3) is 10.9 Å². The van der Waals surface area contributed by atoms with Crippen molar-refractivity contribution >= 4 is 22.3 Å². The summed E-state index contributed by atoms with van der Waals surface area (Å²) < 4.78 is 7.59. The van der Waals surface area contributed by atoms with Gasteiger partial charge in [-0.25, -0.2) is 0 Å². The van der Waals surface area contributed by atoms with Gasteiger partial charge in [-0.3, -0.25) is 4.99 Å². The van der Waals surface area contributed by atoms with E-state index in [-0.39, 0.29) is 6.04 Å². The Kier molecular flexibility index (Phi) is 4.65. The van der Waals surface area contributed by atoms with Crippen LogP contribution in [-0.4, -0.2) is 41.2 Å². The van der Waals surface area contributed by atoms with Crippen molar-refractivity contribution in [2.24, 2.45) is 10.9 Å². The summed E-state index contributed by atoms with van der Waals surface area (Å²) in [5.41, 5.74) is 3.85. The van der Waals surface area contributed by atoms with Crippen LogP contribution >= 0.6 is 0 Å². The fourth-order valence-corrected chi connectivity index (χ4v) is 4.38. The van der Waals surface area contributed by atoms with Crippen LogP contribution in [0.5, 0.6) is 5.88 Å².